The van der Waals surface area contributed by atoms with Crippen molar-refractivity contribution in [1.82, 2.24) is 9.78 Å². The van der Waals surface area contributed by atoms with Crippen LogP contribution in [-0.2, 0) is 23.0 Å². The van der Waals surface area contributed by atoms with E-state index >= 15 is 0 Å². The zero-order valence-corrected chi connectivity index (χ0v) is 10.7. The Labute approximate surface area is 106 Å². The standard InChI is InChI=1S/C9H13N3O2.2ClH/c1-12-8-3-6(9(13)14-2)4-10-7(8)5-11-12;;/h5-6,10H,3-4H2,1-2H3;2*1H. The van der Waals surface area contributed by atoms with E-state index in [9.17, 15) is 4.79 Å². The summed E-state index contributed by atoms with van der Waals surface area (Å²) >= 11 is 0. The summed E-state index contributed by atoms with van der Waals surface area (Å²) in [5.74, 6) is -0.257. The van der Waals surface area contributed by atoms with Crippen molar-refractivity contribution in [3.05, 3.63) is 11.9 Å². The second kappa shape index (κ2) is 5.96. The van der Waals surface area contributed by atoms with Crippen LogP contribution in [0.3, 0.4) is 0 Å². The van der Waals surface area contributed by atoms with Crippen molar-refractivity contribution in [2.24, 2.45) is 13.0 Å². The molecule has 1 atom stereocenters. The number of fused-ring (bicyclic) bond motifs is 1. The van der Waals surface area contributed by atoms with Crippen LogP contribution < -0.4 is 5.32 Å². The zero-order chi connectivity index (χ0) is 10.1. The first-order chi connectivity index (χ1) is 6.72. The number of methoxy groups -OCH3 is 1. The number of rotatable bonds is 1. The third-order valence-electron chi connectivity index (χ3n) is 2.57. The molecule has 0 fully saturated rings. The summed E-state index contributed by atoms with van der Waals surface area (Å²) in [7, 11) is 3.29. The molecule has 0 bridgehead atoms. The molecule has 16 heavy (non-hydrogen) atoms. The smallest absolute Gasteiger partial charge is 0.310 e. The second-order valence-electron chi connectivity index (χ2n) is 3.43. The van der Waals surface area contributed by atoms with Crippen molar-refractivity contribution in [2.45, 2.75) is 6.42 Å². The molecule has 92 valence electrons. The van der Waals surface area contributed by atoms with Crippen molar-refractivity contribution < 1.29 is 9.53 Å². The average Bonchev–Trinajstić information content (AvgIpc) is 2.59. The fourth-order valence-corrected chi connectivity index (χ4v) is 1.72. The Morgan fingerprint density at radius 2 is 2.31 bits per heavy atom. The molecular formula is C9H15Cl2N3O2. The third-order valence-corrected chi connectivity index (χ3v) is 2.57. The minimum Gasteiger partial charge on any atom is -0.469 e. The van der Waals surface area contributed by atoms with Crippen LogP contribution in [0.2, 0.25) is 0 Å². The van der Waals surface area contributed by atoms with Crippen LogP contribution in [0.4, 0.5) is 5.69 Å². The molecule has 1 unspecified atom stereocenters. The molecule has 2 heterocycles. The molecule has 0 aromatic carbocycles. The Balaban J connectivity index is 0.00000112. The van der Waals surface area contributed by atoms with Gasteiger partial charge in [0.25, 0.3) is 0 Å². The molecule has 1 aromatic heterocycles. The molecule has 0 aliphatic carbocycles. The van der Waals surface area contributed by atoms with E-state index < -0.39 is 0 Å². The Morgan fingerprint density at radius 3 is 2.94 bits per heavy atom. The van der Waals surface area contributed by atoms with E-state index in [0.717, 1.165) is 11.4 Å². The van der Waals surface area contributed by atoms with Gasteiger partial charge in [-0.3, -0.25) is 9.48 Å². The first kappa shape index (κ1) is 15.1. The number of nitrogens with one attached hydrogen (secondary N) is 1. The van der Waals surface area contributed by atoms with Crippen LogP contribution in [0, 0.1) is 5.92 Å². The highest BCUT2D eigenvalue weighted by molar-refractivity contribution is 5.85. The van der Waals surface area contributed by atoms with Gasteiger partial charge in [0.2, 0.25) is 0 Å². The largest absolute Gasteiger partial charge is 0.469 e. The van der Waals surface area contributed by atoms with E-state index in [2.05, 4.69) is 10.4 Å². The van der Waals surface area contributed by atoms with Crippen LogP contribution in [-0.4, -0.2) is 29.4 Å². The lowest BCUT2D eigenvalue weighted by atomic mass is 9.99. The quantitative estimate of drug-likeness (QED) is 0.773. The van der Waals surface area contributed by atoms with E-state index in [1.165, 1.54) is 7.11 Å². The van der Waals surface area contributed by atoms with Gasteiger partial charge in [-0.05, 0) is 0 Å². The van der Waals surface area contributed by atoms with Gasteiger partial charge in [-0.15, -0.1) is 24.8 Å². The number of nitrogens with zero attached hydrogens (tertiary/aromatic N) is 2. The Hall–Kier alpha value is -0.940. The molecule has 1 aliphatic heterocycles. The van der Waals surface area contributed by atoms with Crippen molar-refractivity contribution in [3.8, 4) is 0 Å². The van der Waals surface area contributed by atoms with Crippen LogP contribution in [0.5, 0.6) is 0 Å². The predicted molar refractivity (Wildman–Crippen MR) is 65.4 cm³/mol. The summed E-state index contributed by atoms with van der Waals surface area (Å²) in [6.45, 7) is 0.630. The van der Waals surface area contributed by atoms with Gasteiger partial charge in [-0.1, -0.05) is 0 Å². The van der Waals surface area contributed by atoms with Crippen LogP contribution >= 0.6 is 24.8 Å². The molecular weight excluding hydrogens is 253 g/mol. The average molecular weight is 268 g/mol. The second-order valence-corrected chi connectivity index (χ2v) is 3.43. The topological polar surface area (TPSA) is 56.1 Å². The van der Waals surface area contributed by atoms with E-state index in [1.807, 2.05) is 7.05 Å². The Bertz CT molecular complexity index is 368. The Morgan fingerprint density at radius 1 is 1.62 bits per heavy atom. The fraction of sp³-hybridized carbons (Fsp3) is 0.556. The van der Waals surface area contributed by atoms with Crippen LogP contribution in [0.1, 0.15) is 5.69 Å². The van der Waals surface area contributed by atoms with Crippen LogP contribution in [0.25, 0.3) is 0 Å². The molecule has 0 saturated carbocycles. The number of carbonyl (C=O) groups excluding carboxylic acids is 1. The molecule has 7 heteroatoms. The summed E-state index contributed by atoms with van der Waals surface area (Å²) < 4.78 is 6.50. The summed E-state index contributed by atoms with van der Waals surface area (Å²) in [5, 5.41) is 7.28. The maximum atomic E-state index is 11.3. The number of aryl methyl sites for hydroxylation is 1. The number of hydrogen-bond acceptors (Lipinski definition) is 4. The number of hydrogen-bond donors (Lipinski definition) is 1. The lowest BCUT2D eigenvalue weighted by molar-refractivity contribution is -0.145. The van der Waals surface area contributed by atoms with Gasteiger partial charge in [0.15, 0.2) is 0 Å². The summed E-state index contributed by atoms with van der Waals surface area (Å²) in [4.78, 5) is 11.3. The maximum absolute atomic E-state index is 11.3. The number of halogens is 2. The van der Waals surface area contributed by atoms with Crippen LogP contribution in [0.15, 0.2) is 6.20 Å². The highest BCUT2D eigenvalue weighted by Crippen LogP contribution is 2.24. The first-order valence-corrected chi connectivity index (χ1v) is 4.55. The molecule has 0 saturated heterocycles. The Kier molecular flexibility index (Phi) is 5.61. The minimum absolute atomic E-state index is 0. The molecule has 1 aromatic rings. The highest BCUT2D eigenvalue weighted by atomic mass is 35.5. The van der Waals surface area contributed by atoms with Crippen molar-refractivity contribution in [3.63, 3.8) is 0 Å². The van der Waals surface area contributed by atoms with Crippen molar-refractivity contribution in [1.29, 1.82) is 0 Å². The van der Waals surface area contributed by atoms with Gasteiger partial charge in [-0.2, -0.15) is 5.10 Å². The molecule has 2 rings (SSSR count). The molecule has 1 N–H and O–H groups in total. The number of esters is 1. The van der Waals surface area contributed by atoms with Gasteiger partial charge in [0, 0.05) is 20.0 Å². The van der Waals surface area contributed by atoms with Crippen molar-refractivity contribution >= 4 is 36.5 Å². The normalized spacial score (nSPS) is 17.2. The maximum Gasteiger partial charge on any atom is 0.310 e. The molecule has 1 aliphatic rings. The van der Waals surface area contributed by atoms with E-state index in [1.54, 1.807) is 10.9 Å². The highest BCUT2D eigenvalue weighted by Gasteiger charge is 2.27. The molecule has 0 radical (unpaired) electrons. The van der Waals surface area contributed by atoms with Gasteiger partial charge < -0.3 is 10.1 Å². The first-order valence-electron chi connectivity index (χ1n) is 4.55. The van der Waals surface area contributed by atoms with Gasteiger partial charge in [0.05, 0.1) is 30.6 Å². The van der Waals surface area contributed by atoms with Gasteiger partial charge >= 0.3 is 5.97 Å². The summed E-state index contributed by atoms with van der Waals surface area (Å²) in [6, 6.07) is 0. The molecule has 5 nitrogen and oxygen atoms in total. The summed E-state index contributed by atoms with van der Waals surface area (Å²) in [6.07, 6.45) is 2.48. The van der Waals surface area contributed by atoms with E-state index in [0.29, 0.717) is 13.0 Å². The van der Waals surface area contributed by atoms with Gasteiger partial charge in [-0.25, -0.2) is 0 Å². The van der Waals surface area contributed by atoms with Gasteiger partial charge in [0.1, 0.15) is 0 Å². The molecule has 0 amide bonds. The fourth-order valence-electron chi connectivity index (χ4n) is 1.72. The monoisotopic (exact) mass is 267 g/mol. The van der Waals surface area contributed by atoms with Crippen molar-refractivity contribution in [2.75, 3.05) is 19.0 Å². The number of ether oxygens (including phenoxy) is 1. The van der Waals surface area contributed by atoms with E-state index in [-0.39, 0.29) is 36.7 Å². The SMILES string of the molecule is COC(=O)C1CNc2cnn(C)c2C1.Cl.Cl. The zero-order valence-electron chi connectivity index (χ0n) is 9.10. The van der Waals surface area contributed by atoms with E-state index in [4.69, 9.17) is 4.74 Å². The number of carbonyl (C=O) groups is 1. The lowest BCUT2D eigenvalue weighted by Crippen LogP contribution is -2.31. The third kappa shape index (κ3) is 2.59. The number of aromatic nitrogens is 2. The minimum atomic E-state index is -0.163. The lowest BCUT2D eigenvalue weighted by Gasteiger charge is -2.21. The predicted octanol–water partition coefficient (Wildman–Crippen LogP) is 1.02. The summed E-state index contributed by atoms with van der Waals surface area (Å²) in [5.41, 5.74) is 2.08. The molecule has 0 spiro atoms. The number of anilines is 1.